The third kappa shape index (κ3) is 2.60. The average molecular weight is 251 g/mol. The second-order valence-corrected chi connectivity index (χ2v) is 4.43. The van der Waals surface area contributed by atoms with E-state index in [1.54, 1.807) is 14.2 Å². The van der Waals surface area contributed by atoms with Crippen LogP contribution in [0.25, 0.3) is 0 Å². The van der Waals surface area contributed by atoms with Crippen LogP contribution >= 0.6 is 0 Å². The first kappa shape index (κ1) is 13.2. The first-order chi connectivity index (χ1) is 8.80. The number of rotatable bonds is 5. The highest BCUT2D eigenvalue weighted by Gasteiger charge is 2.26. The van der Waals surface area contributed by atoms with Crippen LogP contribution in [0.2, 0.25) is 0 Å². The van der Waals surface area contributed by atoms with Crippen LogP contribution in [-0.4, -0.2) is 34.0 Å². The van der Waals surface area contributed by atoms with Crippen LogP contribution in [-0.2, 0) is 4.74 Å². The van der Waals surface area contributed by atoms with E-state index in [2.05, 4.69) is 11.4 Å². The Kier molecular flexibility index (Phi) is 4.44. The predicted octanol–water partition coefficient (Wildman–Crippen LogP) is 2.14. The second-order valence-electron chi connectivity index (χ2n) is 4.43. The summed E-state index contributed by atoms with van der Waals surface area (Å²) >= 11 is 0. The van der Waals surface area contributed by atoms with Gasteiger partial charge in [0.05, 0.1) is 26.4 Å². The van der Waals surface area contributed by atoms with Crippen LogP contribution in [0.4, 0.5) is 0 Å². The van der Waals surface area contributed by atoms with Gasteiger partial charge in [-0.2, -0.15) is 0 Å². The minimum Gasteiger partial charge on any atom is -0.493 e. The van der Waals surface area contributed by atoms with E-state index in [0.717, 1.165) is 30.9 Å². The maximum atomic E-state index is 5.76. The van der Waals surface area contributed by atoms with Gasteiger partial charge in [-0.05, 0) is 37.6 Å². The van der Waals surface area contributed by atoms with Crippen molar-refractivity contribution < 1.29 is 14.2 Å². The third-order valence-corrected chi connectivity index (χ3v) is 3.41. The number of benzene rings is 1. The van der Waals surface area contributed by atoms with Crippen LogP contribution in [0, 0.1) is 0 Å². The Labute approximate surface area is 108 Å². The summed E-state index contributed by atoms with van der Waals surface area (Å²) in [4.78, 5) is 0. The zero-order valence-corrected chi connectivity index (χ0v) is 11.2. The van der Waals surface area contributed by atoms with E-state index >= 15 is 0 Å². The summed E-state index contributed by atoms with van der Waals surface area (Å²) in [5.74, 6) is 1.51. The molecule has 0 saturated carbocycles. The van der Waals surface area contributed by atoms with Gasteiger partial charge in [0.25, 0.3) is 0 Å². The molecule has 0 amide bonds. The van der Waals surface area contributed by atoms with Gasteiger partial charge in [0.2, 0.25) is 0 Å². The average Bonchev–Trinajstić information content (AvgIpc) is 2.93. The van der Waals surface area contributed by atoms with Crippen molar-refractivity contribution in [3.05, 3.63) is 23.8 Å². The molecule has 1 saturated heterocycles. The van der Waals surface area contributed by atoms with Crippen molar-refractivity contribution in [1.29, 1.82) is 0 Å². The molecule has 0 bridgehead atoms. The van der Waals surface area contributed by atoms with E-state index < -0.39 is 0 Å². The van der Waals surface area contributed by atoms with Crippen molar-refractivity contribution in [2.75, 3.05) is 27.9 Å². The molecule has 1 heterocycles. The standard InChI is InChI=1S/C14H21NO3/c1-15-14(12-5-4-8-18-12)10-6-7-11(16-2)13(9-10)17-3/h6-7,9,12,14-15H,4-5,8H2,1-3H3. The predicted molar refractivity (Wildman–Crippen MR) is 70.3 cm³/mol. The van der Waals surface area contributed by atoms with Gasteiger partial charge in [0, 0.05) is 6.61 Å². The lowest BCUT2D eigenvalue weighted by atomic mass is 9.99. The van der Waals surface area contributed by atoms with Gasteiger partial charge in [0.15, 0.2) is 11.5 Å². The Morgan fingerprint density at radius 1 is 1.28 bits per heavy atom. The van der Waals surface area contributed by atoms with E-state index in [-0.39, 0.29) is 12.1 Å². The molecule has 0 spiro atoms. The molecule has 1 aliphatic rings. The van der Waals surface area contributed by atoms with Crippen LogP contribution in [0.15, 0.2) is 18.2 Å². The molecule has 0 radical (unpaired) electrons. The van der Waals surface area contributed by atoms with Gasteiger partial charge in [-0.25, -0.2) is 0 Å². The molecule has 1 aliphatic heterocycles. The van der Waals surface area contributed by atoms with E-state index in [9.17, 15) is 0 Å². The monoisotopic (exact) mass is 251 g/mol. The largest absolute Gasteiger partial charge is 0.493 e. The van der Waals surface area contributed by atoms with Gasteiger partial charge >= 0.3 is 0 Å². The number of hydrogen-bond donors (Lipinski definition) is 1. The Bertz CT molecular complexity index is 389. The smallest absolute Gasteiger partial charge is 0.161 e. The summed E-state index contributed by atoms with van der Waals surface area (Å²) in [6.07, 6.45) is 2.48. The molecule has 1 N–H and O–H groups in total. The molecular weight excluding hydrogens is 230 g/mol. The van der Waals surface area contributed by atoms with Crippen molar-refractivity contribution in [3.8, 4) is 11.5 Å². The molecule has 1 fully saturated rings. The van der Waals surface area contributed by atoms with Crippen molar-refractivity contribution in [2.24, 2.45) is 0 Å². The lowest BCUT2D eigenvalue weighted by molar-refractivity contribution is 0.0807. The maximum Gasteiger partial charge on any atom is 0.161 e. The summed E-state index contributed by atoms with van der Waals surface area (Å²) in [5, 5.41) is 3.33. The molecule has 1 aromatic rings. The van der Waals surface area contributed by atoms with Gasteiger partial charge in [0.1, 0.15) is 0 Å². The molecule has 2 rings (SSSR count). The first-order valence-electron chi connectivity index (χ1n) is 6.31. The Hall–Kier alpha value is -1.26. The molecule has 2 atom stereocenters. The van der Waals surface area contributed by atoms with Gasteiger partial charge in [-0.15, -0.1) is 0 Å². The number of nitrogens with one attached hydrogen (secondary N) is 1. The lowest BCUT2D eigenvalue weighted by Gasteiger charge is -2.23. The molecule has 0 aromatic heterocycles. The summed E-state index contributed by atoms with van der Waals surface area (Å²) in [7, 11) is 5.26. The number of likely N-dealkylation sites (N-methyl/N-ethyl adjacent to an activating group) is 1. The fourth-order valence-electron chi connectivity index (χ4n) is 2.48. The van der Waals surface area contributed by atoms with E-state index in [1.165, 1.54) is 5.56 Å². The quantitative estimate of drug-likeness (QED) is 0.870. The Morgan fingerprint density at radius 2 is 2.06 bits per heavy atom. The van der Waals surface area contributed by atoms with Crippen molar-refractivity contribution >= 4 is 0 Å². The summed E-state index contributed by atoms with van der Waals surface area (Å²) in [6.45, 7) is 0.857. The topological polar surface area (TPSA) is 39.7 Å². The molecule has 2 unspecified atom stereocenters. The number of methoxy groups -OCH3 is 2. The molecule has 0 aliphatic carbocycles. The zero-order chi connectivity index (χ0) is 13.0. The number of hydrogen-bond acceptors (Lipinski definition) is 4. The van der Waals surface area contributed by atoms with E-state index in [0.29, 0.717) is 0 Å². The normalized spacial score (nSPS) is 20.7. The number of ether oxygens (including phenoxy) is 3. The van der Waals surface area contributed by atoms with Crippen molar-refractivity contribution in [2.45, 2.75) is 25.0 Å². The fraction of sp³-hybridized carbons (Fsp3) is 0.571. The lowest BCUT2D eigenvalue weighted by Crippen LogP contribution is -2.28. The highest BCUT2D eigenvalue weighted by atomic mass is 16.5. The highest BCUT2D eigenvalue weighted by molar-refractivity contribution is 5.44. The maximum absolute atomic E-state index is 5.76. The van der Waals surface area contributed by atoms with E-state index in [4.69, 9.17) is 14.2 Å². The van der Waals surface area contributed by atoms with Gasteiger partial charge < -0.3 is 19.5 Å². The van der Waals surface area contributed by atoms with Crippen LogP contribution in [0.1, 0.15) is 24.4 Å². The summed E-state index contributed by atoms with van der Waals surface area (Å²) < 4.78 is 16.3. The van der Waals surface area contributed by atoms with Crippen LogP contribution in [0.5, 0.6) is 11.5 Å². The zero-order valence-electron chi connectivity index (χ0n) is 11.2. The highest BCUT2D eigenvalue weighted by Crippen LogP contribution is 2.33. The minimum absolute atomic E-state index is 0.201. The molecule has 1 aromatic carbocycles. The molecule has 100 valence electrons. The van der Waals surface area contributed by atoms with Crippen LogP contribution in [0.3, 0.4) is 0 Å². The molecular formula is C14H21NO3. The fourth-order valence-corrected chi connectivity index (χ4v) is 2.48. The SMILES string of the molecule is CNC(c1ccc(OC)c(OC)c1)C1CCCO1. The minimum atomic E-state index is 0.201. The summed E-state index contributed by atoms with van der Waals surface area (Å²) in [5.41, 5.74) is 1.17. The van der Waals surface area contributed by atoms with Crippen molar-refractivity contribution in [3.63, 3.8) is 0 Å². The second kappa shape index (κ2) is 6.07. The summed E-state index contributed by atoms with van der Waals surface area (Å²) in [6, 6.07) is 6.21. The first-order valence-corrected chi connectivity index (χ1v) is 6.31. The molecule has 18 heavy (non-hydrogen) atoms. The Balaban J connectivity index is 2.24. The molecule has 4 nitrogen and oxygen atoms in total. The van der Waals surface area contributed by atoms with E-state index in [1.807, 2.05) is 19.2 Å². The molecule has 4 heteroatoms. The third-order valence-electron chi connectivity index (χ3n) is 3.41. The van der Waals surface area contributed by atoms with Gasteiger partial charge in [-0.3, -0.25) is 0 Å². The van der Waals surface area contributed by atoms with Crippen molar-refractivity contribution in [1.82, 2.24) is 5.32 Å². The Morgan fingerprint density at radius 3 is 2.61 bits per heavy atom. The van der Waals surface area contributed by atoms with Gasteiger partial charge in [-0.1, -0.05) is 6.07 Å². The van der Waals surface area contributed by atoms with Crippen LogP contribution < -0.4 is 14.8 Å².